The number of primary sulfonamides is 1. The maximum Gasteiger partial charge on any atom is 0.238 e. The molecule has 0 aliphatic carbocycles. The third-order valence-electron chi connectivity index (χ3n) is 3.46. The Labute approximate surface area is 147 Å². The zero-order valence-corrected chi connectivity index (χ0v) is 15.4. The molecule has 3 rings (SSSR count). The maximum atomic E-state index is 11.3. The van der Waals surface area contributed by atoms with Gasteiger partial charge in [-0.15, -0.1) is 0 Å². The van der Waals surface area contributed by atoms with E-state index in [9.17, 15) is 8.42 Å². The normalized spacial score (nSPS) is 11.8. The van der Waals surface area contributed by atoms with Gasteiger partial charge in [-0.3, -0.25) is 0 Å². The van der Waals surface area contributed by atoms with E-state index in [1.165, 1.54) is 12.1 Å². The molecule has 0 unspecified atom stereocenters. The SMILES string of the molecule is Cc1nc(NCc2ccc(S(N)(=O)=O)cc2)c2c(Br)nn(C)c2n1. The van der Waals surface area contributed by atoms with E-state index in [4.69, 9.17) is 5.14 Å². The van der Waals surface area contributed by atoms with Crippen molar-refractivity contribution in [3.05, 3.63) is 40.3 Å². The Morgan fingerprint density at radius 3 is 2.54 bits per heavy atom. The van der Waals surface area contributed by atoms with Gasteiger partial charge in [-0.05, 0) is 40.5 Å². The molecule has 10 heteroatoms. The number of hydrogen-bond donors (Lipinski definition) is 2. The Balaban J connectivity index is 1.88. The number of fused-ring (bicyclic) bond motifs is 1. The fourth-order valence-electron chi connectivity index (χ4n) is 2.32. The summed E-state index contributed by atoms with van der Waals surface area (Å²) < 4.78 is 24.9. The summed E-state index contributed by atoms with van der Waals surface area (Å²) in [5, 5.41) is 13.4. The lowest BCUT2D eigenvalue weighted by molar-refractivity contribution is 0.598. The zero-order chi connectivity index (χ0) is 17.5. The zero-order valence-electron chi connectivity index (χ0n) is 13.0. The minimum absolute atomic E-state index is 0.0847. The van der Waals surface area contributed by atoms with E-state index in [2.05, 4.69) is 36.3 Å². The van der Waals surface area contributed by atoms with Gasteiger partial charge in [0.15, 0.2) is 5.65 Å². The van der Waals surface area contributed by atoms with Gasteiger partial charge < -0.3 is 5.32 Å². The second-order valence-electron chi connectivity index (χ2n) is 5.27. The first-order valence-corrected chi connectivity index (χ1v) is 9.32. The van der Waals surface area contributed by atoms with Crippen molar-refractivity contribution in [1.29, 1.82) is 0 Å². The second-order valence-corrected chi connectivity index (χ2v) is 7.59. The van der Waals surface area contributed by atoms with Crippen LogP contribution in [0.1, 0.15) is 11.4 Å². The van der Waals surface area contributed by atoms with Crippen LogP contribution in [0.4, 0.5) is 5.82 Å². The van der Waals surface area contributed by atoms with Gasteiger partial charge in [0, 0.05) is 13.6 Å². The molecule has 3 aromatic rings. The number of halogens is 1. The van der Waals surface area contributed by atoms with E-state index in [-0.39, 0.29) is 4.90 Å². The highest BCUT2D eigenvalue weighted by Gasteiger charge is 2.15. The molecule has 2 heterocycles. The fraction of sp³-hybridized carbons (Fsp3) is 0.214. The van der Waals surface area contributed by atoms with E-state index in [0.29, 0.717) is 22.8 Å². The van der Waals surface area contributed by atoms with Crippen molar-refractivity contribution in [3.8, 4) is 0 Å². The Morgan fingerprint density at radius 1 is 1.25 bits per heavy atom. The average Bonchev–Trinajstić information content (AvgIpc) is 2.79. The monoisotopic (exact) mass is 410 g/mol. The summed E-state index contributed by atoms with van der Waals surface area (Å²) in [6, 6.07) is 6.37. The Morgan fingerprint density at radius 2 is 1.92 bits per heavy atom. The van der Waals surface area contributed by atoms with Crippen LogP contribution >= 0.6 is 15.9 Å². The molecule has 0 amide bonds. The Hall–Kier alpha value is -2.04. The van der Waals surface area contributed by atoms with Crippen LogP contribution in [0.25, 0.3) is 11.0 Å². The number of sulfonamides is 1. The van der Waals surface area contributed by atoms with Crippen LogP contribution in [-0.4, -0.2) is 28.2 Å². The summed E-state index contributed by atoms with van der Waals surface area (Å²) in [6.07, 6.45) is 0. The highest BCUT2D eigenvalue weighted by atomic mass is 79.9. The van der Waals surface area contributed by atoms with Crippen LogP contribution in [0.3, 0.4) is 0 Å². The molecule has 0 aliphatic rings. The molecular formula is C14H15BrN6O2S. The van der Waals surface area contributed by atoms with Gasteiger partial charge in [0.1, 0.15) is 16.2 Å². The number of nitrogens with zero attached hydrogens (tertiary/aromatic N) is 4. The van der Waals surface area contributed by atoms with Crippen LogP contribution < -0.4 is 10.5 Å². The number of aryl methyl sites for hydroxylation is 2. The molecule has 0 fully saturated rings. The molecule has 8 nitrogen and oxygen atoms in total. The van der Waals surface area contributed by atoms with Gasteiger partial charge in [0.05, 0.1) is 10.3 Å². The van der Waals surface area contributed by atoms with E-state index >= 15 is 0 Å². The van der Waals surface area contributed by atoms with Crippen molar-refractivity contribution in [1.82, 2.24) is 19.7 Å². The topological polar surface area (TPSA) is 116 Å². The molecule has 0 radical (unpaired) electrons. The number of nitrogens with one attached hydrogen (secondary N) is 1. The van der Waals surface area contributed by atoms with Crippen molar-refractivity contribution in [2.45, 2.75) is 18.4 Å². The molecule has 0 spiro atoms. The maximum absolute atomic E-state index is 11.3. The standard InChI is InChI=1S/C14H15BrN6O2S/c1-8-18-13(11-12(15)20-21(2)14(11)19-8)17-7-9-3-5-10(6-4-9)24(16,22)23/h3-6H,7H2,1-2H3,(H2,16,22,23)(H,17,18,19). The predicted molar refractivity (Wildman–Crippen MR) is 93.9 cm³/mol. The minimum Gasteiger partial charge on any atom is -0.365 e. The molecule has 3 N–H and O–H groups in total. The fourth-order valence-corrected chi connectivity index (χ4v) is 3.44. The lowest BCUT2D eigenvalue weighted by Gasteiger charge is -2.08. The van der Waals surface area contributed by atoms with Crippen LogP contribution in [-0.2, 0) is 23.6 Å². The lowest BCUT2D eigenvalue weighted by Crippen LogP contribution is -2.12. The number of rotatable bonds is 4. The quantitative estimate of drug-likeness (QED) is 0.675. The molecule has 0 atom stereocenters. The van der Waals surface area contributed by atoms with Crippen molar-refractivity contribution in [3.63, 3.8) is 0 Å². The van der Waals surface area contributed by atoms with Gasteiger partial charge in [0.2, 0.25) is 10.0 Å². The van der Waals surface area contributed by atoms with Gasteiger partial charge in [-0.25, -0.2) is 28.2 Å². The molecule has 1 aromatic carbocycles. The number of benzene rings is 1. The van der Waals surface area contributed by atoms with Crippen molar-refractivity contribution in [2.75, 3.05) is 5.32 Å². The summed E-state index contributed by atoms with van der Waals surface area (Å²) in [6.45, 7) is 2.28. The van der Waals surface area contributed by atoms with Crippen molar-refractivity contribution >= 4 is 42.8 Å². The molecule has 0 saturated heterocycles. The molecule has 0 bridgehead atoms. The van der Waals surface area contributed by atoms with Crippen LogP contribution in [0.2, 0.25) is 0 Å². The minimum atomic E-state index is -3.68. The smallest absolute Gasteiger partial charge is 0.238 e. The van der Waals surface area contributed by atoms with E-state index in [1.54, 1.807) is 16.8 Å². The number of nitrogens with two attached hydrogens (primary N) is 1. The summed E-state index contributed by atoms with van der Waals surface area (Å²) in [4.78, 5) is 8.90. The second kappa shape index (κ2) is 6.11. The first-order valence-electron chi connectivity index (χ1n) is 6.98. The average molecular weight is 411 g/mol. The lowest BCUT2D eigenvalue weighted by atomic mass is 10.2. The number of hydrogen-bond acceptors (Lipinski definition) is 6. The van der Waals surface area contributed by atoms with Gasteiger partial charge in [-0.1, -0.05) is 12.1 Å². The van der Waals surface area contributed by atoms with Crippen molar-refractivity contribution < 1.29 is 8.42 Å². The Bertz CT molecular complexity index is 1010. The Kier molecular flexibility index (Phi) is 4.28. The summed E-state index contributed by atoms with van der Waals surface area (Å²) >= 11 is 3.42. The molecular weight excluding hydrogens is 396 g/mol. The largest absolute Gasteiger partial charge is 0.365 e. The molecule has 126 valence electrons. The van der Waals surface area contributed by atoms with Crippen LogP contribution in [0.15, 0.2) is 33.8 Å². The first kappa shape index (κ1) is 16.8. The van der Waals surface area contributed by atoms with E-state index < -0.39 is 10.0 Å². The summed E-state index contributed by atoms with van der Waals surface area (Å²) in [7, 11) is -1.87. The van der Waals surface area contributed by atoms with E-state index in [1.807, 2.05) is 14.0 Å². The van der Waals surface area contributed by atoms with E-state index in [0.717, 1.165) is 16.6 Å². The predicted octanol–water partition coefficient (Wildman–Crippen LogP) is 1.69. The highest BCUT2D eigenvalue weighted by Crippen LogP contribution is 2.28. The molecule has 24 heavy (non-hydrogen) atoms. The highest BCUT2D eigenvalue weighted by molar-refractivity contribution is 9.10. The molecule has 2 aromatic heterocycles. The summed E-state index contributed by atoms with van der Waals surface area (Å²) in [5.74, 6) is 1.29. The van der Waals surface area contributed by atoms with Crippen LogP contribution in [0.5, 0.6) is 0 Å². The van der Waals surface area contributed by atoms with Gasteiger partial charge in [-0.2, -0.15) is 5.10 Å². The van der Waals surface area contributed by atoms with Crippen LogP contribution in [0, 0.1) is 6.92 Å². The molecule has 0 aliphatic heterocycles. The number of aromatic nitrogens is 4. The van der Waals surface area contributed by atoms with Crippen molar-refractivity contribution in [2.24, 2.45) is 12.2 Å². The third-order valence-corrected chi connectivity index (χ3v) is 4.95. The van der Waals surface area contributed by atoms with Gasteiger partial charge in [0.25, 0.3) is 0 Å². The first-order chi connectivity index (χ1) is 11.3. The third kappa shape index (κ3) is 3.25. The number of anilines is 1. The molecule has 0 saturated carbocycles. The van der Waals surface area contributed by atoms with Gasteiger partial charge >= 0.3 is 0 Å². The summed E-state index contributed by atoms with van der Waals surface area (Å²) in [5.41, 5.74) is 1.62.